The first-order valence-electron chi connectivity index (χ1n) is 4.94. The Bertz CT molecular complexity index is 149. The average Bonchev–Trinajstić information content (AvgIpc) is 2.05. The van der Waals surface area contributed by atoms with Gasteiger partial charge in [-0.2, -0.15) is 0 Å². The van der Waals surface area contributed by atoms with E-state index >= 15 is 0 Å². The molecule has 3 nitrogen and oxygen atoms in total. The zero-order chi connectivity index (χ0) is 8.44. The second-order valence-electron chi connectivity index (χ2n) is 3.92. The Kier molecular flexibility index (Phi) is 2.35. The minimum absolute atomic E-state index is 0.0318. The van der Waals surface area contributed by atoms with Gasteiger partial charge >= 0.3 is 0 Å². The summed E-state index contributed by atoms with van der Waals surface area (Å²) in [6.07, 6.45) is 3.94. The summed E-state index contributed by atoms with van der Waals surface area (Å²) in [5, 5.41) is 6.86. The number of nitrogens with one attached hydrogen (secondary N) is 2. The van der Waals surface area contributed by atoms with Gasteiger partial charge in [0, 0.05) is 13.1 Å². The van der Waals surface area contributed by atoms with Gasteiger partial charge in [0.15, 0.2) is 0 Å². The lowest BCUT2D eigenvalue weighted by Crippen LogP contribution is -2.61. The normalized spacial score (nSPS) is 43.2. The molecule has 70 valence electrons. The minimum Gasteiger partial charge on any atom is -0.356 e. The predicted molar refractivity (Wildman–Crippen MR) is 48.0 cm³/mol. The van der Waals surface area contributed by atoms with E-state index < -0.39 is 0 Å². The quantitative estimate of drug-likeness (QED) is 0.554. The van der Waals surface area contributed by atoms with Crippen LogP contribution in [-0.2, 0) is 4.74 Å². The highest BCUT2D eigenvalue weighted by atomic mass is 16.5. The Morgan fingerprint density at radius 3 is 3.00 bits per heavy atom. The predicted octanol–water partition coefficient (Wildman–Crippen LogP) is 0.464. The smallest absolute Gasteiger partial charge is 0.132 e. The van der Waals surface area contributed by atoms with Crippen molar-refractivity contribution in [1.82, 2.24) is 10.6 Å². The number of hydrogen-bond acceptors (Lipinski definition) is 3. The third-order valence-electron chi connectivity index (χ3n) is 2.77. The topological polar surface area (TPSA) is 33.3 Å². The first kappa shape index (κ1) is 8.48. The zero-order valence-corrected chi connectivity index (χ0v) is 7.73. The van der Waals surface area contributed by atoms with E-state index in [2.05, 4.69) is 17.6 Å². The van der Waals surface area contributed by atoms with E-state index in [1.54, 1.807) is 0 Å². The van der Waals surface area contributed by atoms with E-state index in [0.717, 1.165) is 32.5 Å². The molecular weight excluding hydrogens is 152 g/mol. The van der Waals surface area contributed by atoms with Crippen LogP contribution in [0.2, 0.25) is 0 Å². The van der Waals surface area contributed by atoms with E-state index in [1.165, 1.54) is 6.42 Å². The van der Waals surface area contributed by atoms with Crippen LogP contribution in [0, 0.1) is 0 Å². The number of hydrogen-bond donors (Lipinski definition) is 2. The largest absolute Gasteiger partial charge is 0.356 e. The lowest BCUT2D eigenvalue weighted by Gasteiger charge is -2.43. The van der Waals surface area contributed by atoms with Gasteiger partial charge in [0.05, 0.1) is 6.10 Å². The van der Waals surface area contributed by atoms with Crippen LogP contribution in [0.15, 0.2) is 0 Å². The fourth-order valence-electron chi connectivity index (χ4n) is 2.12. The first-order chi connectivity index (χ1) is 5.81. The van der Waals surface area contributed by atoms with Gasteiger partial charge in [-0.1, -0.05) is 0 Å². The summed E-state index contributed by atoms with van der Waals surface area (Å²) in [4.78, 5) is 0. The molecule has 0 aliphatic carbocycles. The molecule has 0 aromatic carbocycles. The third kappa shape index (κ3) is 1.63. The molecule has 2 aliphatic heterocycles. The summed E-state index contributed by atoms with van der Waals surface area (Å²) >= 11 is 0. The van der Waals surface area contributed by atoms with Crippen LogP contribution in [0.3, 0.4) is 0 Å². The van der Waals surface area contributed by atoms with Gasteiger partial charge in [-0.3, -0.25) is 5.32 Å². The molecule has 2 saturated heterocycles. The van der Waals surface area contributed by atoms with Crippen molar-refractivity contribution >= 4 is 0 Å². The number of ether oxygens (including phenoxy) is 1. The first-order valence-corrected chi connectivity index (χ1v) is 4.94. The lowest BCUT2D eigenvalue weighted by molar-refractivity contribution is -0.144. The summed E-state index contributed by atoms with van der Waals surface area (Å²) in [6.45, 7) is 5.37. The molecule has 2 atom stereocenters. The Balaban J connectivity index is 1.97. The van der Waals surface area contributed by atoms with Gasteiger partial charge in [-0.25, -0.2) is 0 Å². The highest BCUT2D eigenvalue weighted by Crippen LogP contribution is 2.23. The molecule has 2 fully saturated rings. The SMILES string of the molecule is CC1CCNC2(CCCNC2)O1. The molecular formula is C9H18N2O. The molecule has 2 aliphatic rings. The lowest BCUT2D eigenvalue weighted by atomic mass is 10.0. The summed E-state index contributed by atoms with van der Waals surface area (Å²) < 4.78 is 5.94. The maximum atomic E-state index is 5.94. The van der Waals surface area contributed by atoms with Gasteiger partial charge in [-0.15, -0.1) is 0 Å². The average molecular weight is 170 g/mol. The van der Waals surface area contributed by atoms with Crippen molar-refractivity contribution in [3.63, 3.8) is 0 Å². The van der Waals surface area contributed by atoms with Gasteiger partial charge in [0.2, 0.25) is 0 Å². The molecule has 2 heterocycles. The highest BCUT2D eigenvalue weighted by Gasteiger charge is 2.36. The molecule has 0 aromatic rings. The molecule has 3 heteroatoms. The standard InChI is InChI=1S/C9H18N2O/c1-8-3-6-11-9(12-8)4-2-5-10-7-9/h8,10-11H,2-7H2,1H3. The molecule has 0 amide bonds. The summed E-state index contributed by atoms with van der Waals surface area (Å²) in [5.74, 6) is 0. The van der Waals surface area contributed by atoms with Crippen LogP contribution in [0.1, 0.15) is 26.2 Å². The maximum absolute atomic E-state index is 5.94. The molecule has 2 N–H and O–H groups in total. The molecule has 0 bridgehead atoms. The monoisotopic (exact) mass is 170 g/mol. The van der Waals surface area contributed by atoms with Crippen molar-refractivity contribution in [3.05, 3.63) is 0 Å². The van der Waals surface area contributed by atoms with E-state index in [9.17, 15) is 0 Å². The zero-order valence-electron chi connectivity index (χ0n) is 7.73. The fraction of sp³-hybridized carbons (Fsp3) is 1.00. The summed E-state index contributed by atoms with van der Waals surface area (Å²) in [7, 11) is 0. The molecule has 12 heavy (non-hydrogen) atoms. The number of rotatable bonds is 0. The summed E-state index contributed by atoms with van der Waals surface area (Å²) in [5.41, 5.74) is -0.0318. The fourth-order valence-corrected chi connectivity index (χ4v) is 2.12. The number of piperidine rings is 1. The van der Waals surface area contributed by atoms with Gasteiger partial charge in [0.1, 0.15) is 5.72 Å². The molecule has 0 aromatic heterocycles. The van der Waals surface area contributed by atoms with E-state index in [0.29, 0.717) is 6.10 Å². The summed E-state index contributed by atoms with van der Waals surface area (Å²) in [6, 6.07) is 0. The Labute approximate surface area is 73.9 Å². The van der Waals surface area contributed by atoms with E-state index in [1.807, 2.05) is 0 Å². The van der Waals surface area contributed by atoms with Crippen molar-refractivity contribution in [2.45, 2.75) is 38.0 Å². The van der Waals surface area contributed by atoms with E-state index in [-0.39, 0.29) is 5.72 Å². The molecule has 1 spiro atoms. The van der Waals surface area contributed by atoms with Crippen LogP contribution in [0.25, 0.3) is 0 Å². The Morgan fingerprint density at radius 1 is 1.42 bits per heavy atom. The van der Waals surface area contributed by atoms with Crippen molar-refractivity contribution < 1.29 is 4.74 Å². The second kappa shape index (κ2) is 3.32. The van der Waals surface area contributed by atoms with Crippen LogP contribution in [-0.4, -0.2) is 31.5 Å². The third-order valence-corrected chi connectivity index (χ3v) is 2.77. The van der Waals surface area contributed by atoms with Crippen LogP contribution < -0.4 is 10.6 Å². The van der Waals surface area contributed by atoms with Crippen molar-refractivity contribution in [2.24, 2.45) is 0 Å². The molecule has 0 saturated carbocycles. The highest BCUT2D eigenvalue weighted by molar-refractivity contribution is 4.88. The molecule has 0 radical (unpaired) electrons. The maximum Gasteiger partial charge on any atom is 0.132 e. The van der Waals surface area contributed by atoms with Gasteiger partial charge in [0.25, 0.3) is 0 Å². The van der Waals surface area contributed by atoms with Crippen molar-refractivity contribution in [1.29, 1.82) is 0 Å². The molecule has 2 unspecified atom stereocenters. The van der Waals surface area contributed by atoms with Crippen molar-refractivity contribution in [3.8, 4) is 0 Å². The van der Waals surface area contributed by atoms with Gasteiger partial charge in [-0.05, 0) is 32.7 Å². The van der Waals surface area contributed by atoms with Gasteiger partial charge < -0.3 is 10.1 Å². The minimum atomic E-state index is -0.0318. The Hall–Kier alpha value is -0.120. The second-order valence-corrected chi connectivity index (χ2v) is 3.92. The van der Waals surface area contributed by atoms with Crippen molar-refractivity contribution in [2.75, 3.05) is 19.6 Å². The molecule has 2 rings (SSSR count). The Morgan fingerprint density at radius 2 is 2.33 bits per heavy atom. The van der Waals surface area contributed by atoms with E-state index in [4.69, 9.17) is 4.74 Å². The van der Waals surface area contributed by atoms with Crippen LogP contribution >= 0.6 is 0 Å². The van der Waals surface area contributed by atoms with Crippen LogP contribution in [0.5, 0.6) is 0 Å². The van der Waals surface area contributed by atoms with Crippen LogP contribution in [0.4, 0.5) is 0 Å².